The molecule has 126 valence electrons. The third-order valence-electron chi connectivity index (χ3n) is 4.29. The molecule has 0 aliphatic heterocycles. The molecular formula is C19H19N5O. The molecule has 0 unspecified atom stereocenters. The highest BCUT2D eigenvalue weighted by Crippen LogP contribution is 2.36. The number of hydrogen-bond acceptors (Lipinski definition) is 4. The Kier molecular flexibility index (Phi) is 3.53. The normalized spacial score (nSPS) is 11.2. The monoisotopic (exact) mass is 333 g/mol. The van der Waals surface area contributed by atoms with Gasteiger partial charge in [-0.05, 0) is 45.0 Å². The third-order valence-corrected chi connectivity index (χ3v) is 4.29. The Morgan fingerprint density at radius 2 is 1.92 bits per heavy atom. The zero-order valence-electron chi connectivity index (χ0n) is 14.7. The molecule has 0 aliphatic rings. The van der Waals surface area contributed by atoms with Crippen molar-refractivity contribution in [1.82, 2.24) is 24.4 Å². The van der Waals surface area contributed by atoms with Gasteiger partial charge in [-0.2, -0.15) is 10.2 Å². The summed E-state index contributed by atoms with van der Waals surface area (Å²) in [6.07, 6.45) is 3.66. The first-order valence-electron chi connectivity index (χ1n) is 8.10. The summed E-state index contributed by atoms with van der Waals surface area (Å²) in [5, 5.41) is 8.94. The van der Waals surface area contributed by atoms with E-state index in [9.17, 15) is 0 Å². The van der Waals surface area contributed by atoms with Crippen molar-refractivity contribution in [2.45, 2.75) is 20.8 Å². The second kappa shape index (κ2) is 5.73. The van der Waals surface area contributed by atoms with Crippen molar-refractivity contribution in [2.24, 2.45) is 0 Å². The molecule has 25 heavy (non-hydrogen) atoms. The molecule has 0 saturated carbocycles. The van der Waals surface area contributed by atoms with E-state index in [1.165, 1.54) is 0 Å². The van der Waals surface area contributed by atoms with Crippen molar-refractivity contribution >= 4 is 5.65 Å². The highest BCUT2D eigenvalue weighted by atomic mass is 16.5. The fourth-order valence-electron chi connectivity index (χ4n) is 3.19. The van der Waals surface area contributed by atoms with Gasteiger partial charge in [0.1, 0.15) is 5.75 Å². The molecule has 0 saturated heterocycles. The summed E-state index contributed by atoms with van der Waals surface area (Å²) < 4.78 is 9.36. The molecule has 0 bridgehead atoms. The second-order valence-corrected chi connectivity index (χ2v) is 6.07. The largest absolute Gasteiger partial charge is 0.496 e. The van der Waals surface area contributed by atoms with Crippen LogP contribution in [0.4, 0.5) is 0 Å². The lowest BCUT2D eigenvalue weighted by molar-refractivity contribution is 0.416. The van der Waals surface area contributed by atoms with E-state index in [2.05, 4.69) is 10.2 Å². The number of fused-ring (bicyclic) bond motifs is 1. The van der Waals surface area contributed by atoms with Gasteiger partial charge in [0.2, 0.25) is 0 Å². The number of nitrogens with zero attached hydrogens (tertiary/aromatic N) is 5. The van der Waals surface area contributed by atoms with Crippen LogP contribution in [0.1, 0.15) is 17.1 Å². The smallest absolute Gasteiger partial charge is 0.163 e. The van der Waals surface area contributed by atoms with Crippen LogP contribution in [0.25, 0.3) is 22.5 Å². The van der Waals surface area contributed by atoms with Crippen LogP contribution in [0.3, 0.4) is 0 Å². The molecule has 0 N–H and O–H groups in total. The maximum atomic E-state index is 5.67. The highest BCUT2D eigenvalue weighted by Gasteiger charge is 2.18. The van der Waals surface area contributed by atoms with Crippen molar-refractivity contribution in [3.8, 4) is 22.6 Å². The Labute approximate surface area is 145 Å². The van der Waals surface area contributed by atoms with Gasteiger partial charge < -0.3 is 4.74 Å². The van der Waals surface area contributed by atoms with Gasteiger partial charge in [-0.15, -0.1) is 0 Å². The van der Waals surface area contributed by atoms with E-state index in [-0.39, 0.29) is 0 Å². The summed E-state index contributed by atoms with van der Waals surface area (Å²) >= 11 is 0. The van der Waals surface area contributed by atoms with E-state index in [0.29, 0.717) is 0 Å². The molecule has 4 aromatic rings. The summed E-state index contributed by atoms with van der Waals surface area (Å²) in [5.74, 6) is 0.770. The molecule has 0 aliphatic carbocycles. The lowest BCUT2D eigenvalue weighted by Gasteiger charge is -2.11. The third kappa shape index (κ3) is 2.46. The molecule has 0 atom stereocenters. The van der Waals surface area contributed by atoms with Crippen LogP contribution in [-0.4, -0.2) is 31.5 Å². The van der Waals surface area contributed by atoms with Gasteiger partial charge in [0, 0.05) is 35.4 Å². The minimum atomic E-state index is 0.770. The van der Waals surface area contributed by atoms with Crippen molar-refractivity contribution in [3.05, 3.63) is 59.8 Å². The first-order valence-corrected chi connectivity index (χ1v) is 8.10. The SMILES string of the molecule is COc1cc(-n2cccn2)ccc1-c1c(C)nn2c(C)cc(C)nc12. The summed E-state index contributed by atoms with van der Waals surface area (Å²) in [7, 11) is 1.68. The Morgan fingerprint density at radius 1 is 1.08 bits per heavy atom. The topological polar surface area (TPSA) is 57.2 Å². The summed E-state index contributed by atoms with van der Waals surface area (Å²) in [6.45, 7) is 6.03. The molecule has 0 spiro atoms. The molecule has 4 rings (SSSR count). The fourth-order valence-corrected chi connectivity index (χ4v) is 3.19. The van der Waals surface area contributed by atoms with Gasteiger partial charge in [0.15, 0.2) is 5.65 Å². The lowest BCUT2D eigenvalue weighted by Crippen LogP contribution is -1.98. The number of ether oxygens (including phenoxy) is 1. The van der Waals surface area contributed by atoms with Gasteiger partial charge in [0.05, 0.1) is 24.1 Å². The predicted molar refractivity (Wildman–Crippen MR) is 96.3 cm³/mol. The molecule has 6 nitrogen and oxygen atoms in total. The summed E-state index contributed by atoms with van der Waals surface area (Å²) in [5.41, 5.74) is 6.72. The van der Waals surface area contributed by atoms with Crippen LogP contribution in [-0.2, 0) is 0 Å². The van der Waals surface area contributed by atoms with Gasteiger partial charge >= 0.3 is 0 Å². The molecule has 0 fully saturated rings. The Morgan fingerprint density at radius 3 is 2.64 bits per heavy atom. The lowest BCUT2D eigenvalue weighted by atomic mass is 10.0. The molecule has 0 radical (unpaired) electrons. The van der Waals surface area contributed by atoms with E-state index >= 15 is 0 Å². The van der Waals surface area contributed by atoms with Crippen LogP contribution >= 0.6 is 0 Å². The molecule has 0 amide bonds. The fraction of sp³-hybridized carbons (Fsp3) is 0.211. The van der Waals surface area contributed by atoms with E-state index in [1.807, 2.05) is 66.5 Å². The maximum absolute atomic E-state index is 5.67. The predicted octanol–water partition coefficient (Wildman–Crippen LogP) is 3.52. The molecule has 1 aromatic carbocycles. The minimum absolute atomic E-state index is 0.770. The number of rotatable bonds is 3. The minimum Gasteiger partial charge on any atom is -0.496 e. The highest BCUT2D eigenvalue weighted by molar-refractivity contribution is 5.84. The first kappa shape index (κ1) is 15.4. The standard InChI is InChI=1S/C19H19N5O/c1-12-10-13(2)24-19(21-12)18(14(3)22-24)16-7-6-15(11-17(16)25-4)23-9-5-8-20-23/h5-11H,1-4H3. The van der Waals surface area contributed by atoms with Crippen molar-refractivity contribution in [3.63, 3.8) is 0 Å². The Hall–Kier alpha value is -3.15. The second-order valence-electron chi connectivity index (χ2n) is 6.07. The molecular weight excluding hydrogens is 314 g/mol. The Balaban J connectivity index is 1.96. The number of aromatic nitrogens is 5. The van der Waals surface area contributed by atoms with Gasteiger partial charge in [0.25, 0.3) is 0 Å². The van der Waals surface area contributed by atoms with E-state index < -0.39 is 0 Å². The number of methoxy groups -OCH3 is 1. The van der Waals surface area contributed by atoms with Crippen molar-refractivity contribution < 1.29 is 4.74 Å². The zero-order chi connectivity index (χ0) is 17.6. The van der Waals surface area contributed by atoms with Gasteiger partial charge in [-0.3, -0.25) is 0 Å². The van der Waals surface area contributed by atoms with Gasteiger partial charge in [-0.25, -0.2) is 14.2 Å². The van der Waals surface area contributed by atoms with Crippen LogP contribution < -0.4 is 4.74 Å². The van der Waals surface area contributed by atoms with Crippen LogP contribution in [0.2, 0.25) is 0 Å². The summed E-state index contributed by atoms with van der Waals surface area (Å²) in [4.78, 5) is 4.71. The first-order chi connectivity index (χ1) is 12.1. The molecule has 3 heterocycles. The average Bonchev–Trinajstić information content (AvgIpc) is 3.22. The molecule has 3 aromatic heterocycles. The van der Waals surface area contributed by atoms with E-state index in [4.69, 9.17) is 9.72 Å². The van der Waals surface area contributed by atoms with E-state index in [0.717, 1.165) is 45.3 Å². The number of benzene rings is 1. The average molecular weight is 333 g/mol. The molecule has 6 heteroatoms. The van der Waals surface area contributed by atoms with Crippen molar-refractivity contribution in [2.75, 3.05) is 7.11 Å². The van der Waals surface area contributed by atoms with E-state index in [1.54, 1.807) is 13.3 Å². The van der Waals surface area contributed by atoms with Crippen LogP contribution in [0.5, 0.6) is 5.75 Å². The van der Waals surface area contributed by atoms with Gasteiger partial charge in [-0.1, -0.05) is 0 Å². The number of hydrogen-bond donors (Lipinski definition) is 0. The van der Waals surface area contributed by atoms with Crippen LogP contribution in [0, 0.1) is 20.8 Å². The van der Waals surface area contributed by atoms with Crippen LogP contribution in [0.15, 0.2) is 42.7 Å². The zero-order valence-corrected chi connectivity index (χ0v) is 14.7. The quantitative estimate of drug-likeness (QED) is 0.576. The maximum Gasteiger partial charge on any atom is 0.163 e. The number of aryl methyl sites for hydroxylation is 3. The Bertz CT molecular complexity index is 1060. The summed E-state index contributed by atoms with van der Waals surface area (Å²) in [6, 6.07) is 9.97. The van der Waals surface area contributed by atoms with Crippen molar-refractivity contribution in [1.29, 1.82) is 0 Å².